The number of imidazole rings is 1. The molecule has 4 aromatic rings. The molecule has 1 aromatic carbocycles. The maximum Gasteiger partial charge on any atom is 0.262 e. The van der Waals surface area contributed by atoms with E-state index in [1.165, 1.54) is 12.1 Å². The smallest absolute Gasteiger partial charge is 0.262 e. The Balaban J connectivity index is 0.805. The number of nitrogens with zero attached hydrogens (tertiary/aromatic N) is 7. The van der Waals surface area contributed by atoms with Crippen LogP contribution >= 0.6 is 0 Å². The monoisotopic (exact) mass is 785 g/mol. The molecule has 0 bridgehead atoms. The third kappa shape index (κ3) is 9.20. The molecule has 1 unspecified atom stereocenters. The molecule has 2 saturated heterocycles. The molecule has 0 saturated carbocycles. The Morgan fingerprint density at radius 3 is 2.32 bits per heavy atom. The molecule has 3 aliphatic rings. The number of hydrogen-bond acceptors (Lipinski definition) is 15. The third-order valence-electron chi connectivity index (χ3n) is 10.0. The first kappa shape index (κ1) is 39.7. The third-order valence-corrected chi connectivity index (χ3v) is 10.0. The summed E-state index contributed by atoms with van der Waals surface area (Å²) in [4.78, 5) is 71.4. The van der Waals surface area contributed by atoms with Crippen molar-refractivity contribution < 1.29 is 42.9 Å². The maximum absolute atomic E-state index is 13.0. The van der Waals surface area contributed by atoms with Crippen LogP contribution in [0.2, 0.25) is 0 Å². The van der Waals surface area contributed by atoms with Crippen molar-refractivity contribution in [1.82, 2.24) is 34.7 Å². The summed E-state index contributed by atoms with van der Waals surface area (Å²) >= 11 is 0. The number of anilines is 3. The van der Waals surface area contributed by atoms with E-state index in [2.05, 4.69) is 43.9 Å². The second-order valence-corrected chi connectivity index (χ2v) is 14.1. The average molecular weight is 786 g/mol. The van der Waals surface area contributed by atoms with Crippen LogP contribution in [0.4, 0.5) is 17.6 Å². The van der Waals surface area contributed by atoms with Crippen molar-refractivity contribution in [1.29, 1.82) is 0 Å². The molecule has 3 aromatic heterocycles. The quantitative estimate of drug-likeness (QED) is 0.110. The molecule has 18 heteroatoms. The lowest BCUT2D eigenvalue weighted by Gasteiger charge is -2.31. The fourth-order valence-electron chi connectivity index (χ4n) is 7.15. The number of benzene rings is 1. The fourth-order valence-corrected chi connectivity index (χ4v) is 7.15. The molecular formula is C39H47N9O9. The largest absolute Gasteiger partial charge is 0.491 e. The Hall–Kier alpha value is -5.56. The zero-order chi connectivity index (χ0) is 39.9. The minimum Gasteiger partial charge on any atom is -0.491 e. The molecule has 3 aliphatic heterocycles. The van der Waals surface area contributed by atoms with Crippen molar-refractivity contribution in [2.24, 2.45) is 0 Å². The van der Waals surface area contributed by atoms with Gasteiger partial charge in [-0.05, 0) is 57.4 Å². The molecule has 0 radical (unpaired) electrons. The van der Waals surface area contributed by atoms with Crippen LogP contribution in [0.5, 0.6) is 5.75 Å². The standard InChI is InChI=1S/C39H47N9O9/c1-24(2)47-31-21-33(43-32-8-11-40-39(44-32)46-12-9-25(53-3)10-13-46)41-22-29(31)42-34(47)23-56-17-16-54-14-15-55-18-19-57-26-4-5-27-28(20-26)38(52)48(37(27)51)30-6-7-35(49)45-36(30)50/h4-5,8,11,20-22,24-25,30H,6-7,9-10,12-19,23H2,1-3H3,(H,45,49,50)(H,40,41,43,44). The Morgan fingerprint density at radius 2 is 1.58 bits per heavy atom. The fraction of sp³-hybridized carbons (Fsp3) is 0.487. The van der Waals surface area contributed by atoms with E-state index in [0.717, 1.165) is 47.7 Å². The molecule has 0 spiro atoms. The normalized spacial score (nSPS) is 17.5. The van der Waals surface area contributed by atoms with E-state index in [0.29, 0.717) is 56.4 Å². The molecular weight excluding hydrogens is 738 g/mol. The topological polar surface area (TPSA) is 201 Å². The molecule has 302 valence electrons. The highest BCUT2D eigenvalue weighted by Gasteiger charge is 2.44. The van der Waals surface area contributed by atoms with Crippen LogP contribution < -0.4 is 20.3 Å². The summed E-state index contributed by atoms with van der Waals surface area (Å²) in [5.41, 5.74) is 2.05. The maximum atomic E-state index is 13.0. The molecule has 6 heterocycles. The minimum absolute atomic E-state index is 0.0585. The van der Waals surface area contributed by atoms with E-state index in [4.69, 9.17) is 33.7 Å². The van der Waals surface area contributed by atoms with Crippen molar-refractivity contribution in [2.45, 2.75) is 64.3 Å². The molecule has 2 N–H and O–H groups in total. The predicted molar refractivity (Wildman–Crippen MR) is 205 cm³/mol. The van der Waals surface area contributed by atoms with Gasteiger partial charge in [-0.15, -0.1) is 0 Å². The number of ether oxygens (including phenoxy) is 5. The number of rotatable bonds is 18. The first-order valence-electron chi connectivity index (χ1n) is 19.2. The molecule has 1 atom stereocenters. The predicted octanol–water partition coefficient (Wildman–Crippen LogP) is 3.19. The van der Waals surface area contributed by atoms with Crippen LogP contribution in [-0.4, -0.2) is 125 Å². The lowest BCUT2D eigenvalue weighted by Crippen LogP contribution is -2.54. The first-order chi connectivity index (χ1) is 27.7. The minimum atomic E-state index is -1.02. The van der Waals surface area contributed by atoms with E-state index in [1.807, 2.05) is 12.1 Å². The summed E-state index contributed by atoms with van der Waals surface area (Å²) in [6.45, 7) is 8.13. The van der Waals surface area contributed by atoms with Gasteiger partial charge in [0.25, 0.3) is 11.8 Å². The van der Waals surface area contributed by atoms with Crippen LogP contribution in [0.1, 0.15) is 72.1 Å². The zero-order valence-corrected chi connectivity index (χ0v) is 32.3. The van der Waals surface area contributed by atoms with Gasteiger partial charge in [-0.25, -0.2) is 15.0 Å². The number of piperidine rings is 2. The van der Waals surface area contributed by atoms with Crippen molar-refractivity contribution in [3.8, 4) is 5.75 Å². The number of carbonyl (C=O) groups is 4. The number of amides is 4. The Morgan fingerprint density at radius 1 is 0.842 bits per heavy atom. The number of hydrogen-bond donors (Lipinski definition) is 2. The van der Waals surface area contributed by atoms with Gasteiger partial charge < -0.3 is 38.5 Å². The zero-order valence-electron chi connectivity index (χ0n) is 32.3. The van der Waals surface area contributed by atoms with Crippen LogP contribution in [0.3, 0.4) is 0 Å². The van der Waals surface area contributed by atoms with Crippen LogP contribution in [0.15, 0.2) is 42.7 Å². The van der Waals surface area contributed by atoms with Gasteiger partial charge in [-0.1, -0.05) is 0 Å². The lowest BCUT2D eigenvalue weighted by atomic mass is 10.0. The van der Waals surface area contributed by atoms with Gasteiger partial charge in [-0.3, -0.25) is 29.4 Å². The van der Waals surface area contributed by atoms with Gasteiger partial charge >= 0.3 is 0 Å². The molecule has 2 fully saturated rings. The number of aromatic nitrogens is 5. The first-order valence-corrected chi connectivity index (χ1v) is 19.2. The summed E-state index contributed by atoms with van der Waals surface area (Å²) in [6.07, 6.45) is 5.82. The second kappa shape index (κ2) is 18.1. The highest BCUT2D eigenvalue weighted by Crippen LogP contribution is 2.30. The highest BCUT2D eigenvalue weighted by molar-refractivity contribution is 6.23. The van der Waals surface area contributed by atoms with E-state index >= 15 is 0 Å². The second-order valence-electron chi connectivity index (χ2n) is 14.1. The van der Waals surface area contributed by atoms with Crippen LogP contribution in [-0.2, 0) is 35.1 Å². The van der Waals surface area contributed by atoms with Gasteiger partial charge in [0.1, 0.15) is 48.0 Å². The Kier molecular flexibility index (Phi) is 12.6. The molecule has 4 amide bonds. The molecule has 7 rings (SSSR count). The summed E-state index contributed by atoms with van der Waals surface area (Å²) in [5, 5.41) is 5.52. The van der Waals surface area contributed by atoms with Gasteiger partial charge in [0.2, 0.25) is 17.8 Å². The number of nitrogens with one attached hydrogen (secondary N) is 2. The number of carbonyl (C=O) groups excluding carboxylic acids is 4. The van der Waals surface area contributed by atoms with Gasteiger partial charge in [0, 0.05) is 44.9 Å². The van der Waals surface area contributed by atoms with Crippen LogP contribution in [0.25, 0.3) is 11.0 Å². The van der Waals surface area contributed by atoms with Crippen molar-refractivity contribution in [3.05, 3.63) is 59.7 Å². The number of imide groups is 2. The molecule has 0 aliphatic carbocycles. The lowest BCUT2D eigenvalue weighted by molar-refractivity contribution is -0.136. The van der Waals surface area contributed by atoms with Gasteiger partial charge in [-0.2, -0.15) is 4.98 Å². The summed E-state index contributed by atoms with van der Waals surface area (Å²) in [6, 6.07) is 7.49. The average Bonchev–Trinajstić information content (AvgIpc) is 3.70. The van der Waals surface area contributed by atoms with E-state index in [9.17, 15) is 19.2 Å². The Labute approximate surface area is 329 Å². The number of fused-ring (bicyclic) bond motifs is 2. The summed E-state index contributed by atoms with van der Waals surface area (Å²) < 4.78 is 30.6. The molecule has 57 heavy (non-hydrogen) atoms. The van der Waals surface area contributed by atoms with Crippen molar-refractivity contribution in [3.63, 3.8) is 0 Å². The van der Waals surface area contributed by atoms with E-state index in [-0.39, 0.29) is 49.3 Å². The highest BCUT2D eigenvalue weighted by atomic mass is 16.6. The number of pyridine rings is 1. The van der Waals surface area contributed by atoms with E-state index < -0.39 is 29.7 Å². The van der Waals surface area contributed by atoms with Gasteiger partial charge in [0.05, 0.1) is 62.0 Å². The SMILES string of the molecule is COC1CCN(c2nccc(Nc3cc4c(cn3)nc(COCCOCCOCCOc3ccc5c(c3)C(=O)N(C3CCC(=O)NC3=O)C5=O)n4C(C)C)n2)CC1. The van der Waals surface area contributed by atoms with E-state index in [1.54, 1.807) is 25.6 Å². The Bertz CT molecular complexity index is 2100. The van der Waals surface area contributed by atoms with Crippen molar-refractivity contribution in [2.75, 3.05) is 70.1 Å². The van der Waals surface area contributed by atoms with Crippen molar-refractivity contribution >= 4 is 52.2 Å². The summed E-state index contributed by atoms with van der Waals surface area (Å²) in [5.74, 6) is 0.945. The summed E-state index contributed by atoms with van der Waals surface area (Å²) in [7, 11) is 1.76. The van der Waals surface area contributed by atoms with Gasteiger partial charge in [0.15, 0.2) is 0 Å². The number of methoxy groups -OCH3 is 1. The van der Waals surface area contributed by atoms with Crippen LogP contribution in [0, 0.1) is 0 Å². The molecule has 18 nitrogen and oxygen atoms in total.